The quantitative estimate of drug-likeness (QED) is 0.227. The Morgan fingerprint density at radius 3 is 2.07 bits per heavy atom. The van der Waals surface area contributed by atoms with Gasteiger partial charge in [0.25, 0.3) is 0 Å². The molecule has 3 nitrogen and oxygen atoms in total. The smallest absolute Gasteiger partial charge is 0.0992 e. The van der Waals surface area contributed by atoms with E-state index < -0.39 is 0 Å². The maximum Gasteiger partial charge on any atom is 0.0992 e. The average molecular weight is 534 g/mol. The third-order valence-electron chi connectivity index (χ3n) is 8.51. The molecule has 1 aliphatic rings. The number of aromatic nitrogens is 1. The van der Waals surface area contributed by atoms with Crippen molar-refractivity contribution < 1.29 is 0 Å². The topological polar surface area (TPSA) is 52.5 Å². The van der Waals surface area contributed by atoms with Crippen molar-refractivity contribution in [3.8, 4) is 40.1 Å². The Morgan fingerprint density at radius 2 is 1.19 bits per heavy atom. The highest BCUT2D eigenvalue weighted by Crippen LogP contribution is 2.49. The maximum absolute atomic E-state index is 9.52. The molecule has 42 heavy (non-hydrogen) atoms. The Kier molecular flexibility index (Phi) is 5.33. The minimum Gasteiger partial charge on any atom is -0.309 e. The first-order chi connectivity index (χ1) is 20.7. The van der Waals surface area contributed by atoms with Gasteiger partial charge in [-0.1, -0.05) is 78.9 Å². The van der Waals surface area contributed by atoms with Crippen molar-refractivity contribution in [1.82, 2.24) is 4.57 Å². The number of rotatable bonds is 3. The van der Waals surface area contributed by atoms with Crippen molar-refractivity contribution in [1.29, 1.82) is 10.5 Å². The van der Waals surface area contributed by atoms with E-state index in [2.05, 4.69) is 114 Å². The second-order valence-electron chi connectivity index (χ2n) is 10.8. The number of benzene rings is 6. The summed E-state index contributed by atoms with van der Waals surface area (Å²) in [6.07, 6.45) is 0. The van der Waals surface area contributed by atoms with E-state index in [0.717, 1.165) is 27.8 Å². The Morgan fingerprint density at radius 1 is 0.500 bits per heavy atom. The summed E-state index contributed by atoms with van der Waals surface area (Å²) in [4.78, 5) is 0. The van der Waals surface area contributed by atoms with Crippen LogP contribution in [0.1, 0.15) is 33.7 Å². The van der Waals surface area contributed by atoms with Crippen molar-refractivity contribution in [3.05, 3.63) is 161 Å². The molecule has 3 heteroatoms. The van der Waals surface area contributed by atoms with Crippen LogP contribution in [0, 0.1) is 22.7 Å². The van der Waals surface area contributed by atoms with Gasteiger partial charge in [-0.2, -0.15) is 10.5 Å². The van der Waals surface area contributed by atoms with E-state index >= 15 is 0 Å². The number of nitrogens with zero attached hydrogens (tertiary/aromatic N) is 3. The molecule has 1 atom stereocenters. The largest absolute Gasteiger partial charge is 0.309 e. The van der Waals surface area contributed by atoms with Crippen LogP contribution in [-0.4, -0.2) is 4.57 Å². The molecule has 8 rings (SSSR count). The lowest BCUT2D eigenvalue weighted by Gasteiger charge is -2.15. The van der Waals surface area contributed by atoms with E-state index in [1.807, 2.05) is 36.4 Å². The lowest BCUT2D eigenvalue weighted by molar-refractivity contribution is 1.01. The number of nitriles is 2. The lowest BCUT2D eigenvalue weighted by atomic mass is 9.88. The highest BCUT2D eigenvalue weighted by Gasteiger charge is 2.30. The zero-order valence-corrected chi connectivity index (χ0v) is 22.6. The normalized spacial score (nSPS) is 13.4. The van der Waals surface area contributed by atoms with Crippen LogP contribution in [0.15, 0.2) is 133 Å². The average Bonchev–Trinajstić information content (AvgIpc) is 3.57. The van der Waals surface area contributed by atoms with Gasteiger partial charge in [0.1, 0.15) is 0 Å². The van der Waals surface area contributed by atoms with E-state index in [0.29, 0.717) is 11.1 Å². The molecule has 6 aromatic carbocycles. The van der Waals surface area contributed by atoms with Gasteiger partial charge in [0.05, 0.1) is 34.3 Å². The highest BCUT2D eigenvalue weighted by atomic mass is 15.0. The summed E-state index contributed by atoms with van der Waals surface area (Å²) >= 11 is 0. The minimum atomic E-state index is 0.100. The van der Waals surface area contributed by atoms with Crippen LogP contribution in [0.5, 0.6) is 0 Å². The number of para-hydroxylation sites is 1. The Labute approximate surface area is 243 Å². The first-order valence-corrected chi connectivity index (χ1v) is 14.0. The van der Waals surface area contributed by atoms with Crippen LogP contribution in [0.25, 0.3) is 49.7 Å². The summed E-state index contributed by atoms with van der Waals surface area (Å²) in [5, 5.41) is 21.4. The van der Waals surface area contributed by atoms with Gasteiger partial charge in [-0.15, -0.1) is 0 Å². The molecule has 1 aliphatic carbocycles. The molecule has 0 saturated heterocycles. The summed E-state index contributed by atoms with van der Waals surface area (Å²) in [5.74, 6) is 0.100. The zero-order valence-electron chi connectivity index (χ0n) is 22.6. The van der Waals surface area contributed by atoms with Gasteiger partial charge in [0.2, 0.25) is 0 Å². The number of fused-ring (bicyclic) bond motifs is 6. The molecule has 0 fully saturated rings. The molecule has 0 aliphatic heterocycles. The zero-order chi connectivity index (χ0) is 28.2. The standard InChI is InChI=1S/C39H23N3/c40-23-25-7-5-9-29(19-25)39-33-13-2-1-11-31(33)35-21-27(15-17-34(35)39)28-16-18-38-36(22-28)32-12-3-4-14-37(32)42(38)30-10-6-8-26(20-30)24-41/h1-22,39H. The minimum absolute atomic E-state index is 0.100. The summed E-state index contributed by atoms with van der Waals surface area (Å²) in [6, 6.07) is 50.9. The molecule has 1 aromatic heterocycles. The van der Waals surface area contributed by atoms with Gasteiger partial charge in [-0.3, -0.25) is 0 Å². The monoisotopic (exact) mass is 533 g/mol. The van der Waals surface area contributed by atoms with Crippen LogP contribution in [-0.2, 0) is 0 Å². The molecule has 0 saturated carbocycles. The van der Waals surface area contributed by atoms with Gasteiger partial charge < -0.3 is 4.57 Å². The van der Waals surface area contributed by atoms with Gasteiger partial charge in [-0.05, 0) is 93.5 Å². The molecule has 0 bridgehead atoms. The lowest BCUT2D eigenvalue weighted by Crippen LogP contribution is -1.99. The van der Waals surface area contributed by atoms with Gasteiger partial charge in [0, 0.05) is 22.4 Å². The van der Waals surface area contributed by atoms with Crippen molar-refractivity contribution in [2.24, 2.45) is 0 Å². The van der Waals surface area contributed by atoms with Crippen molar-refractivity contribution >= 4 is 21.8 Å². The van der Waals surface area contributed by atoms with E-state index in [1.54, 1.807) is 0 Å². The second kappa shape index (κ2) is 9.34. The predicted octanol–water partition coefficient (Wildman–Crippen LogP) is 9.35. The van der Waals surface area contributed by atoms with E-state index in [-0.39, 0.29) is 5.92 Å². The molecular formula is C39H23N3. The molecule has 194 valence electrons. The molecular weight excluding hydrogens is 510 g/mol. The fourth-order valence-electron chi connectivity index (χ4n) is 6.67. The SMILES string of the molecule is N#Cc1cccc(C2c3ccccc3-c3cc(-c4ccc5c(c4)c4ccccc4n5-c4cccc(C#N)c4)ccc32)c1. The summed E-state index contributed by atoms with van der Waals surface area (Å²) in [6.45, 7) is 0. The molecule has 0 N–H and O–H groups in total. The molecule has 1 heterocycles. The summed E-state index contributed by atoms with van der Waals surface area (Å²) in [7, 11) is 0. The first-order valence-electron chi connectivity index (χ1n) is 14.0. The van der Waals surface area contributed by atoms with Crippen LogP contribution < -0.4 is 0 Å². The van der Waals surface area contributed by atoms with E-state index in [4.69, 9.17) is 0 Å². The van der Waals surface area contributed by atoms with Gasteiger partial charge in [-0.25, -0.2) is 0 Å². The third kappa shape index (κ3) is 3.58. The fourth-order valence-corrected chi connectivity index (χ4v) is 6.67. The van der Waals surface area contributed by atoms with Crippen molar-refractivity contribution in [2.45, 2.75) is 5.92 Å². The van der Waals surface area contributed by atoms with E-state index in [9.17, 15) is 10.5 Å². The molecule has 1 unspecified atom stereocenters. The Bertz CT molecular complexity index is 2290. The summed E-state index contributed by atoms with van der Waals surface area (Å²) in [5.41, 5.74) is 13.0. The van der Waals surface area contributed by atoms with E-state index in [1.165, 1.54) is 38.6 Å². The first kappa shape index (κ1) is 23.9. The molecule has 0 spiro atoms. The number of hydrogen-bond donors (Lipinski definition) is 0. The highest BCUT2D eigenvalue weighted by molar-refractivity contribution is 6.10. The molecule has 0 radical (unpaired) electrons. The number of hydrogen-bond acceptors (Lipinski definition) is 2. The fraction of sp³-hybridized carbons (Fsp3) is 0.0256. The van der Waals surface area contributed by atoms with Crippen LogP contribution >= 0.6 is 0 Å². The Balaban J connectivity index is 1.30. The second-order valence-corrected chi connectivity index (χ2v) is 10.8. The van der Waals surface area contributed by atoms with Crippen LogP contribution in [0.2, 0.25) is 0 Å². The predicted molar refractivity (Wildman–Crippen MR) is 168 cm³/mol. The Hall–Kier alpha value is -5.90. The third-order valence-corrected chi connectivity index (χ3v) is 8.51. The van der Waals surface area contributed by atoms with Gasteiger partial charge >= 0.3 is 0 Å². The summed E-state index contributed by atoms with van der Waals surface area (Å²) < 4.78 is 2.24. The van der Waals surface area contributed by atoms with Crippen LogP contribution in [0.4, 0.5) is 0 Å². The van der Waals surface area contributed by atoms with Crippen LogP contribution in [0.3, 0.4) is 0 Å². The van der Waals surface area contributed by atoms with Crippen molar-refractivity contribution in [3.63, 3.8) is 0 Å². The van der Waals surface area contributed by atoms with Gasteiger partial charge in [0.15, 0.2) is 0 Å². The maximum atomic E-state index is 9.52. The molecule has 7 aromatic rings. The van der Waals surface area contributed by atoms with Crippen molar-refractivity contribution in [2.75, 3.05) is 0 Å². The molecule has 0 amide bonds.